The molecular weight excluding hydrogens is 272 g/mol. The molecule has 114 valence electrons. The predicted molar refractivity (Wildman–Crippen MR) is 74.0 cm³/mol. The SMILES string of the molecule is CCCC1(C(=O)O)CCCN1C(=O)c1cc(C2CC2)on1. The number of amides is 1. The molecule has 21 heavy (non-hydrogen) atoms. The summed E-state index contributed by atoms with van der Waals surface area (Å²) in [4.78, 5) is 25.9. The van der Waals surface area contributed by atoms with Gasteiger partial charge in [0.15, 0.2) is 5.69 Å². The first-order valence-electron chi connectivity index (χ1n) is 7.60. The molecular formula is C15H20N2O4. The van der Waals surface area contributed by atoms with Crippen molar-refractivity contribution in [2.75, 3.05) is 6.54 Å². The van der Waals surface area contributed by atoms with Crippen molar-refractivity contribution in [2.24, 2.45) is 0 Å². The normalized spacial score (nSPS) is 25.3. The van der Waals surface area contributed by atoms with E-state index in [-0.39, 0.29) is 11.6 Å². The minimum absolute atomic E-state index is 0.237. The third-order valence-electron chi connectivity index (χ3n) is 4.52. The summed E-state index contributed by atoms with van der Waals surface area (Å²) < 4.78 is 5.21. The predicted octanol–water partition coefficient (Wildman–Crippen LogP) is 2.41. The van der Waals surface area contributed by atoms with E-state index in [1.807, 2.05) is 6.92 Å². The summed E-state index contributed by atoms with van der Waals surface area (Å²) in [5, 5.41) is 13.5. The van der Waals surface area contributed by atoms with Gasteiger partial charge in [0.2, 0.25) is 0 Å². The Morgan fingerprint density at radius 1 is 1.52 bits per heavy atom. The fraction of sp³-hybridized carbons (Fsp3) is 0.667. The van der Waals surface area contributed by atoms with Crippen LogP contribution in [0.25, 0.3) is 0 Å². The lowest BCUT2D eigenvalue weighted by atomic mass is 9.90. The van der Waals surface area contributed by atoms with Crippen LogP contribution in [-0.4, -0.2) is 39.1 Å². The van der Waals surface area contributed by atoms with Gasteiger partial charge < -0.3 is 14.5 Å². The van der Waals surface area contributed by atoms with E-state index in [4.69, 9.17) is 4.52 Å². The van der Waals surface area contributed by atoms with E-state index in [0.29, 0.717) is 31.7 Å². The van der Waals surface area contributed by atoms with E-state index in [0.717, 1.165) is 25.0 Å². The third kappa shape index (κ3) is 2.32. The minimum atomic E-state index is -1.08. The Morgan fingerprint density at radius 2 is 2.29 bits per heavy atom. The first-order valence-corrected chi connectivity index (χ1v) is 7.60. The van der Waals surface area contributed by atoms with Crippen molar-refractivity contribution in [1.82, 2.24) is 10.1 Å². The number of hydrogen-bond acceptors (Lipinski definition) is 4. The average molecular weight is 292 g/mol. The molecule has 1 aliphatic heterocycles. The second-order valence-electron chi connectivity index (χ2n) is 6.04. The van der Waals surface area contributed by atoms with Gasteiger partial charge in [-0.15, -0.1) is 0 Å². The molecule has 0 bridgehead atoms. The molecule has 1 N–H and O–H groups in total. The summed E-state index contributed by atoms with van der Waals surface area (Å²) >= 11 is 0. The number of carbonyl (C=O) groups excluding carboxylic acids is 1. The lowest BCUT2D eigenvalue weighted by Gasteiger charge is -2.34. The van der Waals surface area contributed by atoms with Gasteiger partial charge in [-0.2, -0.15) is 0 Å². The van der Waals surface area contributed by atoms with Crippen LogP contribution in [0.3, 0.4) is 0 Å². The topological polar surface area (TPSA) is 83.6 Å². The molecule has 6 nitrogen and oxygen atoms in total. The Labute approximate surface area is 123 Å². The quantitative estimate of drug-likeness (QED) is 0.901. The Balaban J connectivity index is 1.85. The summed E-state index contributed by atoms with van der Waals surface area (Å²) in [6, 6.07) is 1.68. The minimum Gasteiger partial charge on any atom is -0.479 e. The van der Waals surface area contributed by atoms with Crippen molar-refractivity contribution in [1.29, 1.82) is 0 Å². The van der Waals surface area contributed by atoms with Gasteiger partial charge in [0.05, 0.1) is 0 Å². The number of carboxylic acid groups (broad SMARTS) is 1. The van der Waals surface area contributed by atoms with Crippen LogP contribution in [0.1, 0.15) is 67.6 Å². The smallest absolute Gasteiger partial charge is 0.329 e. The molecule has 1 atom stereocenters. The van der Waals surface area contributed by atoms with Crippen molar-refractivity contribution in [3.63, 3.8) is 0 Å². The fourth-order valence-electron chi connectivity index (χ4n) is 3.27. The highest BCUT2D eigenvalue weighted by atomic mass is 16.5. The molecule has 1 aliphatic carbocycles. The fourth-order valence-corrected chi connectivity index (χ4v) is 3.27. The van der Waals surface area contributed by atoms with Crippen LogP contribution < -0.4 is 0 Å². The zero-order valence-corrected chi connectivity index (χ0v) is 12.2. The first kappa shape index (κ1) is 14.1. The maximum Gasteiger partial charge on any atom is 0.329 e. The van der Waals surface area contributed by atoms with Gasteiger partial charge in [-0.1, -0.05) is 18.5 Å². The molecule has 2 heterocycles. The molecule has 2 fully saturated rings. The van der Waals surface area contributed by atoms with Gasteiger partial charge in [-0.25, -0.2) is 4.79 Å². The molecule has 1 amide bonds. The van der Waals surface area contributed by atoms with Crippen molar-refractivity contribution in [3.8, 4) is 0 Å². The number of rotatable bonds is 5. The number of likely N-dealkylation sites (tertiary alicyclic amines) is 1. The van der Waals surface area contributed by atoms with E-state index >= 15 is 0 Å². The molecule has 6 heteroatoms. The number of aromatic nitrogens is 1. The zero-order chi connectivity index (χ0) is 15.0. The van der Waals surface area contributed by atoms with Gasteiger partial charge in [0.1, 0.15) is 11.3 Å². The maximum atomic E-state index is 12.6. The number of nitrogens with zero attached hydrogens (tertiary/aromatic N) is 2. The Kier molecular flexibility index (Phi) is 3.47. The Hall–Kier alpha value is -1.85. The van der Waals surface area contributed by atoms with E-state index in [2.05, 4.69) is 5.16 Å². The summed E-state index contributed by atoms with van der Waals surface area (Å²) in [6.07, 6.45) is 4.56. The summed E-state index contributed by atoms with van der Waals surface area (Å²) in [5.74, 6) is -0.105. The maximum absolute atomic E-state index is 12.6. The van der Waals surface area contributed by atoms with Crippen molar-refractivity contribution >= 4 is 11.9 Å². The zero-order valence-electron chi connectivity index (χ0n) is 12.2. The number of hydrogen-bond donors (Lipinski definition) is 1. The standard InChI is InChI=1S/C15H20N2O4/c1-2-6-15(14(19)20)7-3-8-17(15)13(18)11-9-12(21-16-11)10-4-5-10/h9-10H,2-8H2,1H3,(H,19,20). The van der Waals surface area contributed by atoms with E-state index in [1.165, 1.54) is 4.90 Å². The lowest BCUT2D eigenvalue weighted by molar-refractivity contribution is -0.148. The third-order valence-corrected chi connectivity index (χ3v) is 4.52. The van der Waals surface area contributed by atoms with Crippen LogP contribution in [-0.2, 0) is 4.79 Å². The highest BCUT2D eigenvalue weighted by Crippen LogP contribution is 2.41. The lowest BCUT2D eigenvalue weighted by Crippen LogP contribution is -2.53. The molecule has 0 spiro atoms. The summed E-state index contributed by atoms with van der Waals surface area (Å²) in [5.41, 5.74) is -0.842. The molecule has 3 rings (SSSR count). The van der Waals surface area contributed by atoms with Crippen LogP contribution in [0.15, 0.2) is 10.6 Å². The van der Waals surface area contributed by atoms with Crippen LogP contribution in [0, 0.1) is 0 Å². The molecule has 1 aromatic heterocycles. The van der Waals surface area contributed by atoms with Gasteiger partial charge in [-0.05, 0) is 32.1 Å². The van der Waals surface area contributed by atoms with Gasteiger partial charge in [-0.3, -0.25) is 4.79 Å². The van der Waals surface area contributed by atoms with Crippen LogP contribution in [0.2, 0.25) is 0 Å². The molecule has 1 unspecified atom stereocenters. The number of carboxylic acids is 1. The largest absolute Gasteiger partial charge is 0.479 e. The Bertz CT molecular complexity index is 564. The molecule has 0 radical (unpaired) electrons. The second kappa shape index (κ2) is 5.16. The van der Waals surface area contributed by atoms with Gasteiger partial charge in [0, 0.05) is 18.5 Å². The molecule has 1 saturated heterocycles. The highest BCUT2D eigenvalue weighted by Gasteiger charge is 2.49. The van der Waals surface area contributed by atoms with Crippen LogP contribution in [0.4, 0.5) is 0 Å². The van der Waals surface area contributed by atoms with E-state index < -0.39 is 11.5 Å². The second-order valence-corrected chi connectivity index (χ2v) is 6.04. The van der Waals surface area contributed by atoms with Crippen LogP contribution in [0.5, 0.6) is 0 Å². The van der Waals surface area contributed by atoms with Crippen molar-refractivity contribution in [2.45, 2.75) is 56.9 Å². The van der Waals surface area contributed by atoms with E-state index in [1.54, 1.807) is 6.07 Å². The van der Waals surface area contributed by atoms with Crippen molar-refractivity contribution in [3.05, 3.63) is 17.5 Å². The average Bonchev–Trinajstić information content (AvgIpc) is 3.03. The Morgan fingerprint density at radius 3 is 2.90 bits per heavy atom. The van der Waals surface area contributed by atoms with Crippen molar-refractivity contribution < 1.29 is 19.2 Å². The van der Waals surface area contributed by atoms with Gasteiger partial charge >= 0.3 is 5.97 Å². The summed E-state index contributed by atoms with van der Waals surface area (Å²) in [6.45, 7) is 2.41. The monoisotopic (exact) mass is 292 g/mol. The molecule has 1 aromatic rings. The van der Waals surface area contributed by atoms with E-state index in [9.17, 15) is 14.7 Å². The summed E-state index contributed by atoms with van der Waals surface area (Å²) in [7, 11) is 0. The molecule has 2 aliphatic rings. The highest BCUT2D eigenvalue weighted by molar-refractivity contribution is 5.96. The first-order chi connectivity index (χ1) is 10.1. The van der Waals surface area contributed by atoms with Crippen LogP contribution >= 0.6 is 0 Å². The van der Waals surface area contributed by atoms with Gasteiger partial charge in [0.25, 0.3) is 5.91 Å². The number of aliphatic carboxylic acids is 1. The molecule has 1 saturated carbocycles. The molecule has 0 aromatic carbocycles. The number of carbonyl (C=O) groups is 2.